The highest BCUT2D eigenvalue weighted by Gasteiger charge is 2.28. The molecular weight excluding hydrogens is 635 g/mol. The van der Waals surface area contributed by atoms with Crippen LogP contribution in [0, 0.1) is 0 Å². The van der Waals surface area contributed by atoms with E-state index >= 15 is 0 Å². The molecule has 0 aliphatic carbocycles. The number of nitrogens with zero attached hydrogens (tertiary/aromatic N) is 5. The van der Waals surface area contributed by atoms with Crippen molar-refractivity contribution in [3.63, 3.8) is 0 Å². The van der Waals surface area contributed by atoms with Crippen LogP contribution < -0.4 is 25.0 Å². The maximum absolute atomic E-state index is 11.9. The van der Waals surface area contributed by atoms with Crippen LogP contribution in [0.4, 0.5) is 34.5 Å². The molecule has 0 atom stereocenters. The average Bonchev–Trinajstić information content (AvgIpc) is 2.96. The Hall–Kier alpha value is -2.74. The van der Waals surface area contributed by atoms with Crippen molar-refractivity contribution in [3.8, 4) is 5.75 Å². The molecule has 3 N–H and O–H groups in total. The van der Waals surface area contributed by atoms with Gasteiger partial charge in [-0.05, 0) is 44.2 Å². The molecule has 15 heteroatoms. The summed E-state index contributed by atoms with van der Waals surface area (Å²) in [6.45, 7) is 6.32. The molecule has 43 heavy (non-hydrogen) atoms. The van der Waals surface area contributed by atoms with E-state index in [1.807, 2.05) is 6.07 Å². The number of sulfonamides is 1. The quantitative estimate of drug-likeness (QED) is 0.269. The molecule has 2 aliphatic heterocycles. The molecular formula is C28H35Cl3N8O3S. The molecule has 0 unspecified atom stereocenters. The zero-order chi connectivity index (χ0) is 30.7. The van der Waals surface area contributed by atoms with Crippen LogP contribution in [0.25, 0.3) is 0 Å². The second-order valence-electron chi connectivity index (χ2n) is 10.8. The first kappa shape index (κ1) is 31.7. The van der Waals surface area contributed by atoms with Gasteiger partial charge in [-0.1, -0.05) is 34.8 Å². The minimum Gasteiger partial charge on any atom is -0.494 e. The van der Waals surface area contributed by atoms with E-state index in [4.69, 9.17) is 39.5 Å². The second kappa shape index (κ2) is 13.5. The van der Waals surface area contributed by atoms with Gasteiger partial charge >= 0.3 is 0 Å². The number of rotatable bonds is 9. The van der Waals surface area contributed by atoms with Crippen molar-refractivity contribution in [2.45, 2.75) is 18.9 Å². The highest BCUT2D eigenvalue weighted by atomic mass is 35.5. The first-order valence-electron chi connectivity index (χ1n) is 13.9. The van der Waals surface area contributed by atoms with Gasteiger partial charge in [0.05, 0.1) is 47.3 Å². The Labute approximate surface area is 267 Å². The Kier molecular flexibility index (Phi) is 9.94. The van der Waals surface area contributed by atoms with E-state index in [0.29, 0.717) is 33.2 Å². The normalized spacial score (nSPS) is 17.1. The molecule has 3 aromatic rings. The summed E-state index contributed by atoms with van der Waals surface area (Å²) in [6.07, 6.45) is 4.67. The number of ether oxygens (including phenoxy) is 1. The van der Waals surface area contributed by atoms with E-state index in [-0.39, 0.29) is 22.5 Å². The summed E-state index contributed by atoms with van der Waals surface area (Å²) in [6, 6.07) is 9.02. The number of hydrogen-bond acceptors (Lipinski definition) is 10. The smallest absolute Gasteiger partial charge is 0.229 e. The minimum absolute atomic E-state index is 0.219. The fraction of sp³-hybridized carbons (Fsp3) is 0.429. The maximum atomic E-state index is 11.9. The second-order valence-corrected chi connectivity index (χ2v) is 13.8. The van der Waals surface area contributed by atoms with Crippen LogP contribution in [0.1, 0.15) is 12.8 Å². The van der Waals surface area contributed by atoms with Gasteiger partial charge in [-0.15, -0.1) is 0 Å². The highest BCUT2D eigenvalue weighted by molar-refractivity contribution is 7.92. The molecule has 2 aliphatic rings. The number of halogens is 3. The zero-order valence-corrected chi connectivity index (χ0v) is 27.3. The lowest BCUT2D eigenvalue weighted by molar-refractivity contribution is 0.0982. The standard InChI is InChI=1S/C28H35Cl3N8O3S/c1-37-10-12-38(13-11-37)19-6-8-39(9-7-19)25-16-26(42-2)24(15-20(25)30)34-28-32-17-21(31)27(35-28)33-23-14-18(29)4-5-22(23)36-43(3,40)41/h4-5,14-17,19,36H,6-13H2,1-3H3,(H2,32,33,34,35). The fourth-order valence-electron chi connectivity index (χ4n) is 5.38. The zero-order valence-electron chi connectivity index (χ0n) is 24.2. The number of hydrogen-bond donors (Lipinski definition) is 3. The van der Waals surface area contributed by atoms with Crippen LogP contribution in [0.3, 0.4) is 0 Å². The number of benzene rings is 2. The molecule has 2 aromatic carbocycles. The first-order valence-corrected chi connectivity index (χ1v) is 16.9. The lowest BCUT2D eigenvalue weighted by atomic mass is 10.0. The van der Waals surface area contributed by atoms with Crippen molar-refractivity contribution in [2.24, 2.45) is 0 Å². The number of anilines is 6. The molecule has 5 rings (SSSR count). The van der Waals surface area contributed by atoms with Gasteiger partial charge in [0.2, 0.25) is 16.0 Å². The van der Waals surface area contributed by atoms with Gasteiger partial charge in [-0.2, -0.15) is 4.98 Å². The summed E-state index contributed by atoms with van der Waals surface area (Å²) >= 11 is 19.4. The fourth-order valence-corrected chi connectivity index (χ4v) is 6.55. The Morgan fingerprint density at radius 1 is 0.907 bits per heavy atom. The van der Waals surface area contributed by atoms with Crippen LogP contribution in [0.2, 0.25) is 15.1 Å². The van der Waals surface area contributed by atoms with Gasteiger partial charge in [0, 0.05) is 56.4 Å². The number of piperidine rings is 1. The van der Waals surface area contributed by atoms with Gasteiger partial charge < -0.3 is 25.2 Å². The van der Waals surface area contributed by atoms with E-state index in [1.165, 1.54) is 6.20 Å². The Balaban J connectivity index is 1.31. The van der Waals surface area contributed by atoms with Crippen LogP contribution >= 0.6 is 34.8 Å². The molecule has 0 bridgehead atoms. The number of piperazine rings is 1. The molecule has 3 heterocycles. The molecule has 2 saturated heterocycles. The summed E-state index contributed by atoms with van der Waals surface area (Å²) in [4.78, 5) is 16.1. The molecule has 232 valence electrons. The van der Waals surface area contributed by atoms with Gasteiger partial charge in [0.1, 0.15) is 10.8 Å². The van der Waals surface area contributed by atoms with Crippen LogP contribution in [0.5, 0.6) is 5.75 Å². The van der Waals surface area contributed by atoms with E-state index in [2.05, 4.69) is 47.1 Å². The van der Waals surface area contributed by atoms with Crippen molar-refractivity contribution in [2.75, 3.05) is 79.9 Å². The predicted octanol–water partition coefficient (Wildman–Crippen LogP) is 5.52. The Morgan fingerprint density at radius 3 is 2.30 bits per heavy atom. The molecule has 0 saturated carbocycles. The lowest BCUT2D eigenvalue weighted by Gasteiger charge is -2.42. The van der Waals surface area contributed by atoms with E-state index in [1.54, 1.807) is 31.4 Å². The van der Waals surface area contributed by atoms with Gasteiger partial charge in [0.25, 0.3) is 0 Å². The lowest BCUT2D eigenvalue weighted by Crippen LogP contribution is -2.52. The Morgan fingerprint density at radius 2 is 1.63 bits per heavy atom. The van der Waals surface area contributed by atoms with Crippen LogP contribution in [-0.2, 0) is 10.0 Å². The van der Waals surface area contributed by atoms with Gasteiger partial charge in [0.15, 0.2) is 5.82 Å². The minimum atomic E-state index is -3.54. The number of aromatic nitrogens is 2. The maximum Gasteiger partial charge on any atom is 0.229 e. The van der Waals surface area contributed by atoms with Crippen molar-refractivity contribution >= 4 is 79.3 Å². The summed E-state index contributed by atoms with van der Waals surface area (Å²) in [5.74, 6) is 1.05. The monoisotopic (exact) mass is 668 g/mol. The molecule has 1 aromatic heterocycles. The van der Waals surface area contributed by atoms with Crippen LogP contribution in [0.15, 0.2) is 36.5 Å². The number of likely N-dealkylation sites (N-methyl/N-ethyl adjacent to an activating group) is 1. The van der Waals surface area contributed by atoms with Crippen LogP contribution in [-0.4, -0.2) is 93.9 Å². The third-order valence-corrected chi connectivity index (χ3v) is 9.05. The number of methoxy groups -OCH3 is 1. The van der Waals surface area contributed by atoms with Gasteiger partial charge in [-0.25, -0.2) is 13.4 Å². The molecule has 2 fully saturated rings. The molecule has 0 radical (unpaired) electrons. The van der Waals surface area contributed by atoms with E-state index in [0.717, 1.165) is 64.1 Å². The summed E-state index contributed by atoms with van der Waals surface area (Å²) < 4.78 is 31.9. The topological polar surface area (TPSA) is 115 Å². The predicted molar refractivity (Wildman–Crippen MR) is 176 cm³/mol. The third-order valence-electron chi connectivity index (χ3n) is 7.65. The van der Waals surface area contributed by atoms with Gasteiger partial charge in [-0.3, -0.25) is 9.62 Å². The SMILES string of the molecule is COc1cc(N2CCC(N3CCN(C)CC3)CC2)c(Cl)cc1Nc1ncc(Cl)c(Nc2cc(Cl)ccc2NS(C)(=O)=O)n1. The van der Waals surface area contributed by atoms with E-state index in [9.17, 15) is 8.42 Å². The molecule has 11 nitrogen and oxygen atoms in total. The van der Waals surface area contributed by atoms with Crippen molar-refractivity contribution in [1.29, 1.82) is 0 Å². The van der Waals surface area contributed by atoms with Crippen molar-refractivity contribution < 1.29 is 13.2 Å². The average molecular weight is 670 g/mol. The highest BCUT2D eigenvalue weighted by Crippen LogP contribution is 2.39. The first-order chi connectivity index (χ1) is 20.5. The summed E-state index contributed by atoms with van der Waals surface area (Å²) in [7, 11) is 0.239. The summed E-state index contributed by atoms with van der Waals surface area (Å²) in [5, 5.41) is 7.42. The Bertz CT molecular complexity index is 1560. The van der Waals surface area contributed by atoms with E-state index < -0.39 is 10.0 Å². The molecule has 0 spiro atoms. The third kappa shape index (κ3) is 8.05. The number of nitrogens with one attached hydrogen (secondary N) is 3. The molecule has 0 amide bonds. The van der Waals surface area contributed by atoms with Crippen molar-refractivity contribution in [3.05, 3.63) is 51.6 Å². The largest absolute Gasteiger partial charge is 0.494 e. The summed E-state index contributed by atoms with van der Waals surface area (Å²) in [5.41, 5.74) is 2.16. The van der Waals surface area contributed by atoms with Crippen molar-refractivity contribution in [1.82, 2.24) is 19.8 Å².